The van der Waals surface area contributed by atoms with Crippen LogP contribution in [0, 0.1) is 16.0 Å². The number of carbonyl (C=O) groups is 2. The Morgan fingerprint density at radius 1 is 1.25 bits per heavy atom. The number of hydrogen-bond donors (Lipinski definition) is 1. The quantitative estimate of drug-likeness (QED) is 0.641. The van der Waals surface area contributed by atoms with Gasteiger partial charge in [-0.3, -0.25) is 19.7 Å². The minimum Gasteiger partial charge on any atom is -0.341 e. The Balaban J connectivity index is 1.51. The fraction of sp³-hybridized carbons (Fsp3) is 0.500. The van der Waals surface area contributed by atoms with Gasteiger partial charge in [0, 0.05) is 41.6 Å². The zero-order valence-electron chi connectivity index (χ0n) is 13.1. The van der Waals surface area contributed by atoms with Gasteiger partial charge in [-0.05, 0) is 17.7 Å². The molecule has 1 aromatic carbocycles. The summed E-state index contributed by atoms with van der Waals surface area (Å²) in [7, 11) is 0. The molecular formula is C16H19N3O4S. The maximum atomic E-state index is 12.2. The van der Waals surface area contributed by atoms with Gasteiger partial charge in [-0.15, -0.1) is 0 Å². The molecule has 1 heterocycles. The highest BCUT2D eigenvalue weighted by atomic mass is 32.2. The number of thioether (sulfide) groups is 1. The molecule has 2 aliphatic rings. The molecule has 1 aliphatic heterocycles. The molecule has 0 aromatic heterocycles. The summed E-state index contributed by atoms with van der Waals surface area (Å²) in [6.45, 7) is 1.60. The van der Waals surface area contributed by atoms with E-state index >= 15 is 0 Å². The average molecular weight is 349 g/mol. The van der Waals surface area contributed by atoms with Crippen LogP contribution in [0.4, 0.5) is 5.69 Å². The van der Waals surface area contributed by atoms with E-state index < -0.39 is 16.9 Å². The number of hydrogen-bond acceptors (Lipinski definition) is 5. The Morgan fingerprint density at radius 3 is 2.50 bits per heavy atom. The average Bonchev–Trinajstić information content (AvgIpc) is 3.38. The molecule has 7 nitrogen and oxygen atoms in total. The molecule has 2 fully saturated rings. The first-order valence-corrected chi connectivity index (χ1v) is 9.09. The molecule has 1 saturated heterocycles. The highest BCUT2D eigenvalue weighted by Crippen LogP contribution is 2.34. The van der Waals surface area contributed by atoms with Crippen LogP contribution in [0.25, 0.3) is 0 Å². The van der Waals surface area contributed by atoms with Crippen LogP contribution < -0.4 is 5.32 Å². The van der Waals surface area contributed by atoms with Gasteiger partial charge in [0.1, 0.15) is 5.92 Å². The lowest BCUT2D eigenvalue weighted by atomic mass is 10.1. The maximum Gasteiger partial charge on any atom is 0.234 e. The molecule has 0 unspecified atom stereocenters. The van der Waals surface area contributed by atoms with E-state index in [-0.39, 0.29) is 11.8 Å². The predicted octanol–water partition coefficient (Wildman–Crippen LogP) is 1.41. The number of amides is 2. The molecular weight excluding hydrogens is 330 g/mol. The van der Waals surface area contributed by atoms with Gasteiger partial charge in [-0.25, -0.2) is 0 Å². The highest BCUT2D eigenvalue weighted by Gasteiger charge is 2.53. The largest absolute Gasteiger partial charge is 0.341 e. The molecule has 0 radical (unpaired) electrons. The van der Waals surface area contributed by atoms with E-state index in [1.54, 1.807) is 12.1 Å². The van der Waals surface area contributed by atoms with Crippen LogP contribution >= 0.6 is 11.8 Å². The van der Waals surface area contributed by atoms with E-state index in [1.807, 2.05) is 28.8 Å². The third-order valence-corrected chi connectivity index (χ3v) is 5.25. The van der Waals surface area contributed by atoms with Gasteiger partial charge in [0.05, 0.1) is 6.42 Å². The van der Waals surface area contributed by atoms with E-state index in [4.69, 9.17) is 0 Å². The van der Waals surface area contributed by atoms with Crippen LogP contribution in [0.3, 0.4) is 0 Å². The van der Waals surface area contributed by atoms with Crippen molar-refractivity contribution in [3.63, 3.8) is 0 Å². The summed E-state index contributed by atoms with van der Waals surface area (Å²) in [5.74, 6) is 1.26. The van der Waals surface area contributed by atoms with Crippen LogP contribution in [0.15, 0.2) is 24.3 Å². The standard InChI is InChI=1S/C16H19N3O4S/c20-15(18-5-7-24-8-6-18)9-11-1-3-12(4-2-11)17-16(21)13-10-14(13)19(22)23/h1-4,13-14H,5-10H2,(H,17,21)/t13-,14-/m0/s1. The van der Waals surface area contributed by atoms with Gasteiger partial charge in [0.25, 0.3) is 0 Å². The first-order chi connectivity index (χ1) is 11.5. The van der Waals surface area contributed by atoms with Crippen molar-refractivity contribution in [2.24, 2.45) is 5.92 Å². The second-order valence-electron chi connectivity index (χ2n) is 6.05. The van der Waals surface area contributed by atoms with Crippen molar-refractivity contribution in [1.82, 2.24) is 4.90 Å². The molecule has 0 bridgehead atoms. The van der Waals surface area contributed by atoms with Crippen LogP contribution in [0.5, 0.6) is 0 Å². The molecule has 1 aliphatic carbocycles. The molecule has 24 heavy (non-hydrogen) atoms. The first kappa shape index (κ1) is 16.8. The summed E-state index contributed by atoms with van der Waals surface area (Å²) in [6.07, 6.45) is 0.657. The fourth-order valence-corrected chi connectivity index (χ4v) is 3.64. The normalized spacial score (nSPS) is 22.8. The molecule has 8 heteroatoms. The smallest absolute Gasteiger partial charge is 0.234 e. The van der Waals surface area contributed by atoms with Crippen LogP contribution in [0.2, 0.25) is 0 Å². The predicted molar refractivity (Wildman–Crippen MR) is 91.6 cm³/mol. The lowest BCUT2D eigenvalue weighted by Gasteiger charge is -2.26. The summed E-state index contributed by atoms with van der Waals surface area (Å²) in [5, 5.41) is 13.3. The SMILES string of the molecule is O=C(Nc1ccc(CC(=O)N2CCSCC2)cc1)[C@H]1C[C@@H]1[N+](=O)[O-]. The van der Waals surface area contributed by atoms with Crippen LogP contribution in [0.1, 0.15) is 12.0 Å². The Bertz CT molecular complexity index is 643. The van der Waals surface area contributed by atoms with Crippen molar-refractivity contribution in [3.05, 3.63) is 39.9 Å². The van der Waals surface area contributed by atoms with E-state index in [2.05, 4.69) is 5.32 Å². The maximum absolute atomic E-state index is 12.2. The van der Waals surface area contributed by atoms with Gasteiger partial charge in [0.2, 0.25) is 17.9 Å². The van der Waals surface area contributed by atoms with Gasteiger partial charge in [-0.1, -0.05) is 12.1 Å². The Morgan fingerprint density at radius 2 is 1.92 bits per heavy atom. The van der Waals surface area contributed by atoms with Crippen molar-refractivity contribution < 1.29 is 14.5 Å². The summed E-state index contributed by atoms with van der Waals surface area (Å²) in [5.41, 5.74) is 1.49. The molecule has 1 aromatic rings. The minimum absolute atomic E-state index is 0.124. The Labute approximate surface area is 143 Å². The monoisotopic (exact) mass is 349 g/mol. The van der Waals surface area contributed by atoms with E-state index in [0.29, 0.717) is 18.5 Å². The molecule has 1 saturated carbocycles. The van der Waals surface area contributed by atoms with Gasteiger partial charge < -0.3 is 10.2 Å². The first-order valence-electron chi connectivity index (χ1n) is 7.93. The van der Waals surface area contributed by atoms with E-state index in [1.165, 1.54) is 0 Å². The third-order valence-electron chi connectivity index (χ3n) is 4.30. The third kappa shape index (κ3) is 4.05. The number of nitro groups is 1. The van der Waals surface area contributed by atoms with Gasteiger partial charge >= 0.3 is 0 Å². The summed E-state index contributed by atoms with van der Waals surface area (Å²) >= 11 is 1.86. The molecule has 3 rings (SSSR count). The molecule has 2 amide bonds. The van der Waals surface area contributed by atoms with E-state index in [9.17, 15) is 19.7 Å². The second kappa shape index (κ2) is 7.21. The molecule has 1 N–H and O–H groups in total. The van der Waals surface area contributed by atoms with Crippen molar-refractivity contribution in [2.75, 3.05) is 29.9 Å². The second-order valence-corrected chi connectivity index (χ2v) is 7.28. The lowest BCUT2D eigenvalue weighted by molar-refractivity contribution is -0.497. The Hall–Kier alpha value is -2.09. The number of carbonyl (C=O) groups excluding carboxylic acids is 2. The van der Waals surface area contributed by atoms with Gasteiger partial charge in [0.15, 0.2) is 0 Å². The molecule has 0 spiro atoms. The van der Waals surface area contributed by atoms with Crippen molar-refractivity contribution in [2.45, 2.75) is 18.9 Å². The summed E-state index contributed by atoms with van der Waals surface area (Å²) < 4.78 is 0. The molecule has 128 valence electrons. The topological polar surface area (TPSA) is 92.6 Å². The number of anilines is 1. The number of nitrogens with one attached hydrogen (secondary N) is 1. The van der Waals surface area contributed by atoms with Crippen molar-refractivity contribution >= 4 is 29.3 Å². The zero-order valence-corrected chi connectivity index (χ0v) is 14.0. The van der Waals surface area contributed by atoms with E-state index in [0.717, 1.165) is 30.2 Å². The number of nitrogens with zero attached hydrogens (tertiary/aromatic N) is 2. The fourth-order valence-electron chi connectivity index (χ4n) is 2.74. The van der Waals surface area contributed by atoms with Gasteiger partial charge in [-0.2, -0.15) is 11.8 Å². The summed E-state index contributed by atoms with van der Waals surface area (Å²) in [4.78, 5) is 36.2. The number of rotatable bonds is 5. The Kier molecular flexibility index (Phi) is 5.03. The minimum atomic E-state index is -0.746. The summed E-state index contributed by atoms with van der Waals surface area (Å²) in [6, 6.07) is 6.34. The van der Waals surface area contributed by atoms with Crippen LogP contribution in [-0.2, 0) is 16.0 Å². The lowest BCUT2D eigenvalue weighted by Crippen LogP contribution is -2.38. The molecule has 2 atom stereocenters. The van der Waals surface area contributed by atoms with Crippen molar-refractivity contribution in [1.29, 1.82) is 0 Å². The van der Waals surface area contributed by atoms with Crippen molar-refractivity contribution in [3.8, 4) is 0 Å². The highest BCUT2D eigenvalue weighted by molar-refractivity contribution is 7.99. The zero-order chi connectivity index (χ0) is 17.1. The van der Waals surface area contributed by atoms with Crippen LogP contribution in [-0.4, -0.2) is 52.3 Å². The number of benzene rings is 1.